The van der Waals surface area contributed by atoms with Gasteiger partial charge < -0.3 is 19.1 Å². The van der Waals surface area contributed by atoms with Crippen LogP contribution in [0, 0.1) is 5.82 Å². The Morgan fingerprint density at radius 3 is 2.43 bits per heavy atom. The second-order valence-corrected chi connectivity index (χ2v) is 12.8. The number of piperazine rings is 1. The zero-order valence-corrected chi connectivity index (χ0v) is 26.0. The summed E-state index contributed by atoms with van der Waals surface area (Å²) < 4.78 is 84.3. The number of hydrogen-bond donors (Lipinski definition) is 1. The fourth-order valence-electron chi connectivity index (χ4n) is 5.31. The number of carbonyl (C=O) groups is 1. The number of para-hydroxylation sites is 1. The van der Waals surface area contributed by atoms with Gasteiger partial charge in [-0.1, -0.05) is 49.7 Å². The van der Waals surface area contributed by atoms with E-state index in [1.54, 1.807) is 36.1 Å². The number of nitrogens with zero attached hydrogens (tertiary/aromatic N) is 5. The van der Waals surface area contributed by atoms with E-state index in [1.165, 1.54) is 11.0 Å². The first-order valence-electron chi connectivity index (χ1n) is 13.8. The van der Waals surface area contributed by atoms with E-state index in [4.69, 9.17) is 11.6 Å². The van der Waals surface area contributed by atoms with Gasteiger partial charge in [-0.05, 0) is 42.7 Å². The number of aromatic nitrogens is 3. The minimum Gasteiger partial charge on any atom is -0.465 e. The average Bonchev–Trinajstić information content (AvgIpc) is 2.96. The number of alkyl halides is 3. The van der Waals surface area contributed by atoms with Gasteiger partial charge in [0.2, 0.25) is 0 Å². The van der Waals surface area contributed by atoms with Gasteiger partial charge in [0.15, 0.2) is 11.4 Å². The molecule has 4 aromatic rings. The second-order valence-electron chi connectivity index (χ2n) is 10.8. The third-order valence-corrected chi connectivity index (χ3v) is 8.72. The lowest BCUT2D eigenvalue weighted by Gasteiger charge is -2.39. The SMILES string of the molecule is CC(C)c1ccccc1-n1c(=O)nc(N2CCN(C(=O)O)CC2C)c2cc(Cl)c(-c3c(F)cccc3OS(=O)(=O)C(F)(F)F)nc21. The number of amides is 1. The highest BCUT2D eigenvalue weighted by Gasteiger charge is 2.49. The van der Waals surface area contributed by atoms with E-state index in [0.717, 1.165) is 22.8 Å². The lowest BCUT2D eigenvalue weighted by molar-refractivity contribution is -0.0500. The standard InChI is InChI=1S/C29H26ClF4N5O6S/c1-15(2)17-7-4-5-9-21(17)39-26-18(25(36-27(39)40)38-12-11-37(28(41)42)14-16(38)3)13-19(30)24(35-26)23-20(31)8-6-10-22(23)45-46(43,44)29(32,33)34/h4-10,13,15-16H,11-12,14H2,1-3H3,(H,41,42). The molecule has 1 aliphatic rings. The minimum absolute atomic E-state index is 0.0840. The monoisotopic (exact) mass is 683 g/mol. The van der Waals surface area contributed by atoms with E-state index in [1.807, 2.05) is 13.8 Å². The van der Waals surface area contributed by atoms with Crippen molar-refractivity contribution in [2.75, 3.05) is 24.5 Å². The predicted molar refractivity (Wildman–Crippen MR) is 162 cm³/mol. The van der Waals surface area contributed by atoms with Crippen LogP contribution in [0.15, 0.2) is 53.3 Å². The van der Waals surface area contributed by atoms with Crippen LogP contribution < -0.4 is 14.8 Å². The van der Waals surface area contributed by atoms with Crippen molar-refractivity contribution in [1.29, 1.82) is 0 Å². The summed E-state index contributed by atoms with van der Waals surface area (Å²) in [6.07, 6.45) is -1.12. The highest BCUT2D eigenvalue weighted by Crippen LogP contribution is 2.41. The first kappa shape index (κ1) is 32.9. The molecule has 244 valence electrons. The molecule has 1 saturated heterocycles. The Morgan fingerprint density at radius 1 is 1.11 bits per heavy atom. The molecule has 0 spiro atoms. The lowest BCUT2D eigenvalue weighted by Crippen LogP contribution is -2.54. The highest BCUT2D eigenvalue weighted by atomic mass is 35.5. The van der Waals surface area contributed by atoms with Gasteiger partial charge in [0.25, 0.3) is 0 Å². The molecule has 0 saturated carbocycles. The number of fused-ring (bicyclic) bond motifs is 1. The van der Waals surface area contributed by atoms with Gasteiger partial charge in [0.05, 0.1) is 27.4 Å². The maximum atomic E-state index is 15.4. The second kappa shape index (κ2) is 12.1. The maximum Gasteiger partial charge on any atom is 0.534 e. The Labute approximate surface area is 264 Å². The molecule has 1 amide bonds. The first-order valence-corrected chi connectivity index (χ1v) is 15.6. The van der Waals surface area contributed by atoms with Gasteiger partial charge >= 0.3 is 27.4 Å². The van der Waals surface area contributed by atoms with Crippen LogP contribution >= 0.6 is 11.6 Å². The van der Waals surface area contributed by atoms with Crippen molar-refractivity contribution in [1.82, 2.24) is 19.4 Å². The molecule has 2 aromatic carbocycles. The number of rotatable bonds is 6. The summed E-state index contributed by atoms with van der Waals surface area (Å²) in [6.45, 7) is 5.82. The Hall–Kier alpha value is -4.44. The summed E-state index contributed by atoms with van der Waals surface area (Å²) >= 11 is 6.60. The molecule has 17 heteroatoms. The van der Waals surface area contributed by atoms with Crippen LogP contribution in [-0.2, 0) is 10.1 Å². The van der Waals surface area contributed by atoms with Crippen molar-refractivity contribution >= 4 is 44.7 Å². The summed E-state index contributed by atoms with van der Waals surface area (Å²) in [4.78, 5) is 37.2. The quantitative estimate of drug-likeness (QED) is 0.152. The average molecular weight is 684 g/mol. The van der Waals surface area contributed by atoms with Crippen molar-refractivity contribution < 1.29 is 40.1 Å². The minimum atomic E-state index is -6.22. The van der Waals surface area contributed by atoms with Gasteiger partial charge in [-0.25, -0.2) is 23.5 Å². The molecule has 46 heavy (non-hydrogen) atoms. The first-order chi connectivity index (χ1) is 21.5. The van der Waals surface area contributed by atoms with Gasteiger partial charge in [-0.2, -0.15) is 26.6 Å². The van der Waals surface area contributed by atoms with Crippen LogP contribution in [0.5, 0.6) is 5.75 Å². The van der Waals surface area contributed by atoms with Crippen LogP contribution in [0.25, 0.3) is 28.0 Å². The zero-order chi connectivity index (χ0) is 33.7. The number of anilines is 1. The Kier molecular flexibility index (Phi) is 8.63. The van der Waals surface area contributed by atoms with E-state index in [2.05, 4.69) is 14.2 Å². The molecule has 2 aromatic heterocycles. The van der Waals surface area contributed by atoms with Gasteiger partial charge in [0.1, 0.15) is 11.6 Å². The fourth-order valence-corrected chi connectivity index (χ4v) is 6.03. The van der Waals surface area contributed by atoms with Crippen molar-refractivity contribution in [3.63, 3.8) is 0 Å². The number of pyridine rings is 1. The third-order valence-electron chi connectivity index (χ3n) is 7.47. The summed E-state index contributed by atoms with van der Waals surface area (Å²) in [5, 5.41) is 9.33. The molecule has 0 aliphatic carbocycles. The smallest absolute Gasteiger partial charge is 0.465 e. The molecule has 5 rings (SSSR count). The maximum absolute atomic E-state index is 15.4. The van der Waals surface area contributed by atoms with Crippen LogP contribution in [-0.4, -0.2) is 70.2 Å². The molecule has 11 nitrogen and oxygen atoms in total. The normalized spacial score (nSPS) is 15.9. The lowest BCUT2D eigenvalue weighted by atomic mass is 10.0. The highest BCUT2D eigenvalue weighted by molar-refractivity contribution is 7.88. The van der Waals surface area contributed by atoms with E-state index in [-0.39, 0.29) is 47.4 Å². The number of halogens is 5. The Balaban J connectivity index is 1.83. The van der Waals surface area contributed by atoms with Crippen molar-refractivity contribution in [2.24, 2.45) is 0 Å². The predicted octanol–water partition coefficient (Wildman–Crippen LogP) is 5.78. The number of carboxylic acid groups (broad SMARTS) is 1. The summed E-state index contributed by atoms with van der Waals surface area (Å²) in [5.41, 5.74) is -6.98. The van der Waals surface area contributed by atoms with E-state index >= 15 is 4.39 Å². The molecular weight excluding hydrogens is 658 g/mol. The summed E-state index contributed by atoms with van der Waals surface area (Å²) in [5.74, 6) is -2.24. The molecule has 0 radical (unpaired) electrons. The molecule has 3 heterocycles. The van der Waals surface area contributed by atoms with Crippen LogP contribution in [0.1, 0.15) is 32.3 Å². The molecular formula is C29H26ClF4N5O6S. The Morgan fingerprint density at radius 2 is 1.80 bits per heavy atom. The molecule has 1 aliphatic heterocycles. The summed E-state index contributed by atoms with van der Waals surface area (Å²) in [7, 11) is -6.22. The molecule has 1 N–H and O–H groups in total. The van der Waals surface area contributed by atoms with Gasteiger partial charge in [-0.3, -0.25) is 0 Å². The number of benzene rings is 2. The zero-order valence-electron chi connectivity index (χ0n) is 24.4. The Bertz CT molecular complexity index is 2020. The molecule has 1 unspecified atom stereocenters. The largest absolute Gasteiger partial charge is 0.534 e. The van der Waals surface area contributed by atoms with Crippen LogP contribution in [0.2, 0.25) is 5.02 Å². The fraction of sp³-hybridized carbons (Fsp3) is 0.310. The topological polar surface area (TPSA) is 135 Å². The van der Waals surface area contributed by atoms with E-state index in [0.29, 0.717) is 11.3 Å². The van der Waals surface area contributed by atoms with Crippen LogP contribution in [0.4, 0.5) is 28.2 Å². The third kappa shape index (κ3) is 5.93. The molecule has 0 bridgehead atoms. The van der Waals surface area contributed by atoms with Crippen molar-refractivity contribution in [3.8, 4) is 22.7 Å². The van der Waals surface area contributed by atoms with Crippen molar-refractivity contribution in [3.05, 3.63) is 75.4 Å². The van der Waals surface area contributed by atoms with Crippen LogP contribution in [0.3, 0.4) is 0 Å². The van der Waals surface area contributed by atoms with Gasteiger partial charge in [0, 0.05) is 25.7 Å². The number of hydrogen-bond acceptors (Lipinski definition) is 8. The van der Waals surface area contributed by atoms with Gasteiger partial charge in [-0.15, -0.1) is 0 Å². The van der Waals surface area contributed by atoms with E-state index < -0.39 is 56.3 Å². The molecule has 1 fully saturated rings. The van der Waals surface area contributed by atoms with Crippen molar-refractivity contribution in [2.45, 2.75) is 38.2 Å². The summed E-state index contributed by atoms with van der Waals surface area (Å²) in [6, 6.07) is 10.3. The van der Waals surface area contributed by atoms with E-state index in [9.17, 15) is 36.3 Å². The molecule has 1 atom stereocenters.